The van der Waals surface area contributed by atoms with Gasteiger partial charge in [0.15, 0.2) is 0 Å². The number of aliphatic carboxylic acids is 2. The maximum Gasteiger partial charge on any atom is 0.0620 e. The fourth-order valence-electron chi connectivity index (χ4n) is 2.64. The van der Waals surface area contributed by atoms with E-state index in [1.807, 2.05) is 0 Å². The Balaban J connectivity index is 0. The van der Waals surface area contributed by atoms with Gasteiger partial charge in [0.2, 0.25) is 0 Å². The SMILES string of the molecule is CCCCCCCCCCCCCCCCCC(=O)[O-].O=C([O-])CCl. The van der Waals surface area contributed by atoms with Crippen molar-refractivity contribution in [1.29, 1.82) is 0 Å². The third kappa shape index (κ3) is 31.5. The molecule has 150 valence electrons. The van der Waals surface area contributed by atoms with Crippen LogP contribution in [0.15, 0.2) is 0 Å². The van der Waals surface area contributed by atoms with Gasteiger partial charge in [-0.05, 0) is 12.8 Å². The Kier molecular flexibility index (Phi) is 24.6. The van der Waals surface area contributed by atoms with Crippen molar-refractivity contribution in [2.45, 2.75) is 110 Å². The summed E-state index contributed by atoms with van der Waals surface area (Å²) in [5.41, 5.74) is 0. The van der Waals surface area contributed by atoms with E-state index in [9.17, 15) is 9.90 Å². The van der Waals surface area contributed by atoms with Gasteiger partial charge in [0.05, 0.1) is 11.8 Å². The molecule has 4 nitrogen and oxygen atoms in total. The van der Waals surface area contributed by atoms with E-state index in [1.54, 1.807) is 0 Å². The number of hydrogen-bond acceptors (Lipinski definition) is 4. The molecule has 0 N–H and O–H groups in total. The molecule has 0 amide bonds. The van der Waals surface area contributed by atoms with Crippen molar-refractivity contribution < 1.29 is 19.8 Å². The molecule has 0 radical (unpaired) electrons. The molecule has 5 heteroatoms. The molecule has 0 rings (SSSR count). The van der Waals surface area contributed by atoms with E-state index in [0.717, 1.165) is 12.8 Å². The van der Waals surface area contributed by atoms with Crippen LogP contribution in [0.3, 0.4) is 0 Å². The van der Waals surface area contributed by atoms with Crippen molar-refractivity contribution in [3.63, 3.8) is 0 Å². The first-order valence-corrected chi connectivity index (χ1v) is 10.5. The van der Waals surface area contributed by atoms with E-state index in [4.69, 9.17) is 9.90 Å². The molecule has 25 heavy (non-hydrogen) atoms. The van der Waals surface area contributed by atoms with E-state index in [2.05, 4.69) is 18.5 Å². The van der Waals surface area contributed by atoms with Crippen LogP contribution in [0.1, 0.15) is 110 Å². The van der Waals surface area contributed by atoms with Crippen LogP contribution in [-0.2, 0) is 9.59 Å². The minimum atomic E-state index is -1.23. The van der Waals surface area contributed by atoms with E-state index < -0.39 is 17.8 Å². The number of carbonyl (C=O) groups is 2. The Morgan fingerprint density at radius 3 is 1.12 bits per heavy atom. The second-order valence-corrected chi connectivity index (χ2v) is 6.84. The van der Waals surface area contributed by atoms with Crippen LogP contribution in [0, 0.1) is 0 Å². The number of unbranched alkanes of at least 4 members (excludes halogenated alkanes) is 14. The van der Waals surface area contributed by atoms with Gasteiger partial charge in [0.25, 0.3) is 0 Å². The van der Waals surface area contributed by atoms with E-state index in [0.29, 0.717) is 0 Å². The first-order chi connectivity index (χ1) is 12.0. The first kappa shape index (κ1) is 26.5. The molecule has 0 aromatic heterocycles. The lowest BCUT2D eigenvalue weighted by Gasteiger charge is -2.04. The van der Waals surface area contributed by atoms with Crippen molar-refractivity contribution in [2.24, 2.45) is 0 Å². The summed E-state index contributed by atoms with van der Waals surface area (Å²) in [6, 6.07) is 0. The summed E-state index contributed by atoms with van der Waals surface area (Å²) in [5, 5.41) is 19.3. The maximum absolute atomic E-state index is 10.2. The zero-order valence-corrected chi connectivity index (χ0v) is 16.8. The van der Waals surface area contributed by atoms with Crippen LogP contribution in [0.2, 0.25) is 0 Å². The lowest BCUT2D eigenvalue weighted by Crippen LogP contribution is -2.23. The lowest BCUT2D eigenvalue weighted by atomic mass is 10.0. The highest BCUT2D eigenvalue weighted by atomic mass is 35.5. The van der Waals surface area contributed by atoms with Gasteiger partial charge >= 0.3 is 0 Å². The number of hydrogen-bond donors (Lipinski definition) is 0. The number of halogens is 1. The van der Waals surface area contributed by atoms with E-state index in [1.165, 1.54) is 83.5 Å². The van der Waals surface area contributed by atoms with Gasteiger partial charge in [-0.25, -0.2) is 0 Å². The molecule has 0 aliphatic carbocycles. The van der Waals surface area contributed by atoms with Gasteiger partial charge in [-0.3, -0.25) is 0 Å². The number of carboxylic acid groups (broad SMARTS) is 2. The van der Waals surface area contributed by atoms with Crippen LogP contribution in [-0.4, -0.2) is 17.8 Å². The molecule has 0 aliphatic heterocycles. The Bertz CT molecular complexity index is 295. The summed E-state index contributed by atoms with van der Waals surface area (Å²) in [4.78, 5) is 19.3. The molecule has 0 saturated heterocycles. The predicted octanol–water partition coefficient (Wildman–Crippen LogP) is 3.97. The fourth-order valence-corrected chi connectivity index (χ4v) is 2.64. The fraction of sp³-hybridized carbons (Fsp3) is 0.900. The number of rotatable bonds is 17. The largest absolute Gasteiger partial charge is 0.550 e. The topological polar surface area (TPSA) is 80.3 Å². The normalized spacial score (nSPS) is 10.2. The van der Waals surface area contributed by atoms with Gasteiger partial charge < -0.3 is 19.8 Å². The molecule has 0 aliphatic rings. The van der Waals surface area contributed by atoms with Gasteiger partial charge in [-0.15, -0.1) is 11.6 Å². The van der Waals surface area contributed by atoms with Gasteiger partial charge in [0, 0.05) is 5.97 Å². The van der Waals surface area contributed by atoms with Crippen molar-refractivity contribution in [3.05, 3.63) is 0 Å². The van der Waals surface area contributed by atoms with Crippen molar-refractivity contribution in [2.75, 3.05) is 5.88 Å². The molecule has 0 fully saturated rings. The van der Waals surface area contributed by atoms with Crippen molar-refractivity contribution in [1.82, 2.24) is 0 Å². The Hall–Kier alpha value is -0.770. The Morgan fingerprint density at radius 2 is 0.880 bits per heavy atom. The molecule has 0 aromatic carbocycles. The Morgan fingerprint density at radius 1 is 0.600 bits per heavy atom. The van der Waals surface area contributed by atoms with Gasteiger partial charge in [-0.2, -0.15) is 0 Å². The third-order valence-electron chi connectivity index (χ3n) is 4.09. The quantitative estimate of drug-likeness (QED) is 0.284. The summed E-state index contributed by atoms with van der Waals surface area (Å²) in [5.74, 6) is -2.55. The molecule has 0 bridgehead atoms. The molecule has 0 heterocycles. The highest BCUT2D eigenvalue weighted by molar-refractivity contribution is 6.25. The van der Waals surface area contributed by atoms with E-state index >= 15 is 0 Å². The van der Waals surface area contributed by atoms with Crippen LogP contribution in [0.25, 0.3) is 0 Å². The smallest absolute Gasteiger partial charge is 0.0620 e. The molecule has 0 atom stereocenters. The summed E-state index contributed by atoms with van der Waals surface area (Å²) < 4.78 is 0. The monoisotopic (exact) mass is 376 g/mol. The van der Waals surface area contributed by atoms with Crippen LogP contribution < -0.4 is 10.2 Å². The lowest BCUT2D eigenvalue weighted by molar-refractivity contribution is -0.306. The average molecular weight is 377 g/mol. The van der Waals surface area contributed by atoms with Crippen molar-refractivity contribution >= 4 is 23.5 Å². The number of carbonyl (C=O) groups excluding carboxylic acids is 2. The highest BCUT2D eigenvalue weighted by Gasteiger charge is 1.94. The zero-order valence-electron chi connectivity index (χ0n) is 16.0. The average Bonchev–Trinajstić information content (AvgIpc) is 2.58. The summed E-state index contributed by atoms with van der Waals surface area (Å²) in [6.45, 7) is 2.27. The minimum absolute atomic E-state index is 0.234. The maximum atomic E-state index is 10.2. The van der Waals surface area contributed by atoms with E-state index in [-0.39, 0.29) is 6.42 Å². The molecule has 0 aromatic rings. The number of alkyl halides is 1. The Labute approximate surface area is 159 Å². The summed E-state index contributed by atoms with van der Waals surface area (Å²) in [6.07, 6.45) is 19.9. The second-order valence-electron chi connectivity index (χ2n) is 6.58. The van der Waals surface area contributed by atoms with Gasteiger partial charge in [-0.1, -0.05) is 96.8 Å². The summed E-state index contributed by atoms with van der Waals surface area (Å²) >= 11 is 4.67. The number of carboxylic acids is 2. The molecule has 0 unspecified atom stereocenters. The van der Waals surface area contributed by atoms with Gasteiger partial charge in [0.1, 0.15) is 0 Å². The first-order valence-electron chi connectivity index (χ1n) is 10.00. The standard InChI is InChI=1S/C18H36O2.C2H3ClO2/c1-2-3-4-5-6-7-8-9-10-11-12-13-14-15-16-17-18(19)20;3-1-2(4)5/h2-17H2,1H3,(H,19,20);1H2,(H,4,5)/p-2. The van der Waals surface area contributed by atoms with Crippen LogP contribution in [0.4, 0.5) is 0 Å². The second kappa shape index (κ2) is 23.2. The van der Waals surface area contributed by atoms with Crippen LogP contribution in [0.5, 0.6) is 0 Å². The zero-order chi connectivity index (χ0) is 19.2. The molecular weight excluding hydrogens is 340 g/mol. The molecule has 0 saturated carbocycles. The molecular formula is C20H37ClO4-2. The predicted molar refractivity (Wildman–Crippen MR) is 100 cm³/mol. The van der Waals surface area contributed by atoms with Crippen LogP contribution >= 0.6 is 11.6 Å². The minimum Gasteiger partial charge on any atom is -0.550 e. The van der Waals surface area contributed by atoms with Crippen molar-refractivity contribution in [3.8, 4) is 0 Å². The summed E-state index contributed by atoms with van der Waals surface area (Å²) in [7, 11) is 0. The highest BCUT2D eigenvalue weighted by Crippen LogP contribution is 2.13. The molecule has 0 spiro atoms. The third-order valence-corrected chi connectivity index (χ3v) is 4.31.